The zero-order valence-electron chi connectivity index (χ0n) is 16.1. The van der Waals surface area contributed by atoms with Crippen LogP contribution in [-0.4, -0.2) is 61.1 Å². The van der Waals surface area contributed by atoms with Crippen LogP contribution in [0.15, 0.2) is 53.4 Å². The summed E-state index contributed by atoms with van der Waals surface area (Å²) in [7, 11) is -3.53. The molecule has 6 nitrogen and oxygen atoms in total. The molecule has 29 heavy (non-hydrogen) atoms. The molecule has 0 aliphatic carbocycles. The fraction of sp³-hybridized carbons (Fsp3) is 0.429. The van der Waals surface area contributed by atoms with E-state index in [1.807, 2.05) is 12.1 Å². The van der Waals surface area contributed by atoms with Gasteiger partial charge in [0.1, 0.15) is 11.5 Å². The van der Waals surface area contributed by atoms with Crippen molar-refractivity contribution in [3.63, 3.8) is 0 Å². The molecule has 8 heteroatoms. The second-order valence-electron chi connectivity index (χ2n) is 7.58. The van der Waals surface area contributed by atoms with E-state index in [9.17, 15) is 13.5 Å². The zero-order chi connectivity index (χ0) is 20.4. The highest BCUT2D eigenvalue weighted by Crippen LogP contribution is 2.30. The van der Waals surface area contributed by atoms with E-state index in [2.05, 4.69) is 4.90 Å². The summed E-state index contributed by atoms with van der Waals surface area (Å²) in [4.78, 5) is 2.55. The Hall–Kier alpha value is -1.64. The second kappa shape index (κ2) is 8.62. The van der Waals surface area contributed by atoms with Crippen LogP contribution in [0.5, 0.6) is 11.5 Å². The first-order valence-electron chi connectivity index (χ1n) is 9.88. The second-order valence-corrected chi connectivity index (χ2v) is 9.92. The Balaban J connectivity index is 1.39. The Labute approximate surface area is 176 Å². The van der Waals surface area contributed by atoms with Gasteiger partial charge in [0.2, 0.25) is 10.0 Å². The van der Waals surface area contributed by atoms with E-state index < -0.39 is 10.0 Å². The molecule has 0 aromatic heterocycles. The summed E-state index contributed by atoms with van der Waals surface area (Å²) >= 11 is 6.10. The standard InChI is InChI=1S/C21H25ClN2O4S/c22-20-3-1-2-4-21(20)28-18-5-7-19(8-6-18)29(26,27)24-13-9-16(10-14-24)23-12-11-17(25)15-23/h1-8,16-17,25H,9-15H2/t17-/m1/s1. The predicted octanol–water partition coefficient (Wildman–Crippen LogP) is 3.35. The molecule has 0 bridgehead atoms. The highest BCUT2D eigenvalue weighted by atomic mass is 35.5. The van der Waals surface area contributed by atoms with Gasteiger partial charge in [-0.2, -0.15) is 4.31 Å². The number of hydrogen-bond acceptors (Lipinski definition) is 5. The summed E-state index contributed by atoms with van der Waals surface area (Å²) in [5.74, 6) is 1.06. The Morgan fingerprint density at radius 3 is 2.28 bits per heavy atom. The van der Waals surface area contributed by atoms with Gasteiger partial charge >= 0.3 is 0 Å². The van der Waals surface area contributed by atoms with Crippen molar-refractivity contribution in [3.05, 3.63) is 53.6 Å². The van der Waals surface area contributed by atoms with Gasteiger partial charge in [0.05, 0.1) is 16.0 Å². The topological polar surface area (TPSA) is 70.1 Å². The summed E-state index contributed by atoms with van der Waals surface area (Å²) in [6, 6.07) is 13.9. The molecule has 2 aliphatic rings. The van der Waals surface area contributed by atoms with Crippen molar-refractivity contribution in [3.8, 4) is 11.5 Å². The number of piperidine rings is 1. The summed E-state index contributed by atoms with van der Waals surface area (Å²) < 4.78 is 33.3. The van der Waals surface area contributed by atoms with Crippen LogP contribution in [0, 0.1) is 0 Å². The van der Waals surface area contributed by atoms with Crippen molar-refractivity contribution in [2.75, 3.05) is 26.2 Å². The van der Waals surface area contributed by atoms with Crippen LogP contribution in [-0.2, 0) is 10.0 Å². The largest absolute Gasteiger partial charge is 0.456 e. The molecule has 2 fully saturated rings. The molecule has 2 aromatic rings. The molecule has 0 amide bonds. The fourth-order valence-electron chi connectivity index (χ4n) is 4.03. The number of aliphatic hydroxyl groups excluding tert-OH is 1. The van der Waals surface area contributed by atoms with Crippen LogP contribution in [0.25, 0.3) is 0 Å². The van der Waals surface area contributed by atoms with Crippen LogP contribution in [0.3, 0.4) is 0 Å². The van der Waals surface area contributed by atoms with Crippen LogP contribution in [0.1, 0.15) is 19.3 Å². The zero-order valence-corrected chi connectivity index (χ0v) is 17.6. The number of halogens is 1. The number of para-hydroxylation sites is 1. The molecule has 1 N–H and O–H groups in total. The molecule has 1 atom stereocenters. The molecule has 0 unspecified atom stereocenters. The molecule has 4 rings (SSSR count). The molecule has 2 aromatic carbocycles. The number of ether oxygens (including phenoxy) is 1. The van der Waals surface area contributed by atoms with Crippen LogP contribution in [0.4, 0.5) is 0 Å². The maximum absolute atomic E-state index is 13.0. The number of rotatable bonds is 5. The average molecular weight is 437 g/mol. The van der Waals surface area contributed by atoms with E-state index in [1.54, 1.807) is 40.7 Å². The van der Waals surface area contributed by atoms with Gasteiger partial charge in [-0.1, -0.05) is 23.7 Å². The van der Waals surface area contributed by atoms with Crippen LogP contribution < -0.4 is 4.74 Å². The van der Waals surface area contributed by atoms with Gasteiger partial charge < -0.3 is 9.84 Å². The number of β-amino-alcohol motifs (C(OH)–C–C–N with tert-alkyl or cyclic N) is 1. The van der Waals surface area contributed by atoms with Crippen LogP contribution in [0.2, 0.25) is 5.02 Å². The molecule has 2 heterocycles. The summed E-state index contributed by atoms with van der Waals surface area (Å²) in [5.41, 5.74) is 0. The SMILES string of the molecule is O=S(=O)(c1ccc(Oc2ccccc2Cl)cc1)N1CCC(N2CC[C@@H](O)C2)CC1. The number of sulfonamides is 1. The molecular formula is C21H25ClN2O4S. The minimum Gasteiger partial charge on any atom is -0.456 e. The molecule has 2 saturated heterocycles. The lowest BCUT2D eigenvalue weighted by atomic mass is 10.1. The third kappa shape index (κ3) is 4.59. The van der Waals surface area contributed by atoms with E-state index in [0.29, 0.717) is 42.2 Å². The highest BCUT2D eigenvalue weighted by Gasteiger charge is 2.34. The molecule has 0 saturated carbocycles. The first-order valence-corrected chi connectivity index (χ1v) is 11.7. The summed E-state index contributed by atoms with van der Waals surface area (Å²) in [6.07, 6.45) is 2.14. The lowest BCUT2D eigenvalue weighted by Gasteiger charge is -2.36. The maximum Gasteiger partial charge on any atom is 0.243 e. The van der Waals surface area contributed by atoms with Gasteiger partial charge in [-0.05, 0) is 55.7 Å². The normalized spacial score (nSPS) is 22.1. The Morgan fingerprint density at radius 2 is 1.66 bits per heavy atom. The first kappa shape index (κ1) is 20.6. The number of likely N-dealkylation sites (tertiary alicyclic amines) is 1. The van der Waals surface area contributed by atoms with Crippen molar-refractivity contribution in [1.29, 1.82) is 0 Å². The fourth-order valence-corrected chi connectivity index (χ4v) is 5.67. The number of nitrogens with zero attached hydrogens (tertiary/aromatic N) is 2. The Kier molecular flexibility index (Phi) is 6.13. The predicted molar refractivity (Wildman–Crippen MR) is 112 cm³/mol. The summed E-state index contributed by atoms with van der Waals surface area (Å²) in [5, 5.41) is 10.2. The van der Waals surface area contributed by atoms with Gasteiger partial charge in [-0.15, -0.1) is 0 Å². The van der Waals surface area contributed by atoms with Crippen LogP contribution >= 0.6 is 11.6 Å². The molecule has 0 radical (unpaired) electrons. The van der Waals surface area contributed by atoms with E-state index in [4.69, 9.17) is 16.3 Å². The van der Waals surface area contributed by atoms with E-state index in [-0.39, 0.29) is 11.0 Å². The van der Waals surface area contributed by atoms with Crippen molar-refractivity contribution in [1.82, 2.24) is 9.21 Å². The van der Waals surface area contributed by atoms with Crippen molar-refractivity contribution in [2.45, 2.75) is 36.3 Å². The molecule has 2 aliphatic heterocycles. The third-order valence-electron chi connectivity index (χ3n) is 5.66. The molecule has 156 valence electrons. The third-order valence-corrected chi connectivity index (χ3v) is 7.89. The van der Waals surface area contributed by atoms with Gasteiger partial charge in [0.15, 0.2) is 0 Å². The van der Waals surface area contributed by atoms with E-state index in [0.717, 1.165) is 25.8 Å². The minimum atomic E-state index is -3.53. The Morgan fingerprint density at radius 1 is 0.966 bits per heavy atom. The average Bonchev–Trinajstić information content (AvgIpc) is 3.17. The monoisotopic (exact) mass is 436 g/mol. The van der Waals surface area contributed by atoms with Crippen molar-refractivity contribution < 1.29 is 18.3 Å². The Bertz CT molecular complexity index is 943. The van der Waals surface area contributed by atoms with Gasteiger partial charge in [0, 0.05) is 32.2 Å². The highest BCUT2D eigenvalue weighted by molar-refractivity contribution is 7.89. The summed E-state index contributed by atoms with van der Waals surface area (Å²) in [6.45, 7) is 2.59. The quantitative estimate of drug-likeness (QED) is 0.778. The maximum atomic E-state index is 13.0. The molecule has 0 spiro atoms. The van der Waals surface area contributed by atoms with E-state index in [1.165, 1.54) is 0 Å². The van der Waals surface area contributed by atoms with Gasteiger partial charge in [0.25, 0.3) is 0 Å². The van der Waals surface area contributed by atoms with Gasteiger partial charge in [-0.3, -0.25) is 4.90 Å². The van der Waals surface area contributed by atoms with Crippen molar-refractivity contribution >= 4 is 21.6 Å². The smallest absolute Gasteiger partial charge is 0.243 e. The number of benzene rings is 2. The number of aliphatic hydroxyl groups is 1. The minimum absolute atomic E-state index is 0.247. The van der Waals surface area contributed by atoms with Crippen molar-refractivity contribution in [2.24, 2.45) is 0 Å². The number of hydrogen-bond donors (Lipinski definition) is 1. The molecular weight excluding hydrogens is 412 g/mol. The lowest BCUT2D eigenvalue weighted by molar-refractivity contribution is 0.132. The lowest BCUT2D eigenvalue weighted by Crippen LogP contribution is -2.46. The van der Waals surface area contributed by atoms with Gasteiger partial charge in [-0.25, -0.2) is 8.42 Å². The van der Waals surface area contributed by atoms with E-state index >= 15 is 0 Å². The first-order chi connectivity index (χ1) is 13.9.